The molecule has 1 aliphatic rings. The highest BCUT2D eigenvalue weighted by molar-refractivity contribution is 5.38. The Hall–Kier alpha value is -0.780. The summed E-state index contributed by atoms with van der Waals surface area (Å²) in [5.41, 5.74) is 2.87. The zero-order chi connectivity index (χ0) is 8.48. The van der Waals surface area contributed by atoms with Crippen molar-refractivity contribution in [2.24, 2.45) is 5.41 Å². The summed E-state index contributed by atoms with van der Waals surface area (Å²) < 4.78 is 0. The van der Waals surface area contributed by atoms with Crippen molar-refractivity contribution in [3.05, 3.63) is 36.0 Å². The monoisotopic (exact) mass is 148 g/mol. The smallest absolute Gasteiger partial charge is 0.00666 e. The van der Waals surface area contributed by atoms with Crippen molar-refractivity contribution in [1.82, 2.24) is 0 Å². The van der Waals surface area contributed by atoms with Gasteiger partial charge in [0, 0.05) is 0 Å². The van der Waals surface area contributed by atoms with Crippen molar-refractivity contribution in [3.63, 3.8) is 0 Å². The van der Waals surface area contributed by atoms with Crippen LogP contribution >= 0.6 is 0 Å². The van der Waals surface area contributed by atoms with Crippen molar-refractivity contribution in [3.8, 4) is 0 Å². The molecule has 0 aromatic heterocycles. The summed E-state index contributed by atoms with van der Waals surface area (Å²) in [5, 5.41) is 0. The Balaban J connectivity index is 2.97. The minimum Gasteiger partial charge on any atom is -0.0958 e. The van der Waals surface area contributed by atoms with E-state index < -0.39 is 0 Å². The van der Waals surface area contributed by atoms with E-state index in [2.05, 4.69) is 45.6 Å². The molecular formula is C11H16. The first-order valence-corrected chi connectivity index (χ1v) is 4.07. The fraction of sp³-hybridized carbons (Fsp3) is 0.455. The molecule has 0 nitrogen and oxygen atoms in total. The van der Waals surface area contributed by atoms with Gasteiger partial charge in [0.05, 0.1) is 0 Å². The molecule has 0 fully saturated rings. The molecule has 0 saturated carbocycles. The lowest BCUT2D eigenvalue weighted by molar-refractivity contribution is 0.455. The van der Waals surface area contributed by atoms with Crippen LogP contribution in [0.25, 0.3) is 0 Å². The average Bonchev–Trinajstić information content (AvgIpc) is 1.85. The summed E-state index contributed by atoms with van der Waals surface area (Å²) in [7, 11) is 0. The third-order valence-corrected chi connectivity index (χ3v) is 2.22. The lowest BCUT2D eigenvalue weighted by Gasteiger charge is -2.29. The highest BCUT2D eigenvalue weighted by atomic mass is 14.3. The van der Waals surface area contributed by atoms with Crippen LogP contribution in [-0.4, -0.2) is 0 Å². The van der Waals surface area contributed by atoms with Gasteiger partial charge in [0.2, 0.25) is 0 Å². The maximum Gasteiger partial charge on any atom is -0.00666 e. The Kier molecular flexibility index (Phi) is 2.03. The molecule has 0 aromatic rings. The van der Waals surface area contributed by atoms with E-state index in [9.17, 15) is 0 Å². The summed E-state index contributed by atoms with van der Waals surface area (Å²) in [5.74, 6) is 0. The Morgan fingerprint density at radius 3 is 2.55 bits per heavy atom. The van der Waals surface area contributed by atoms with Crippen LogP contribution < -0.4 is 0 Å². The van der Waals surface area contributed by atoms with Gasteiger partial charge in [-0.25, -0.2) is 0 Å². The van der Waals surface area contributed by atoms with Gasteiger partial charge in [-0.15, -0.1) is 0 Å². The van der Waals surface area contributed by atoms with E-state index in [0.29, 0.717) is 5.41 Å². The van der Waals surface area contributed by atoms with Gasteiger partial charge in [-0.05, 0) is 24.3 Å². The molecule has 1 aliphatic carbocycles. The van der Waals surface area contributed by atoms with Crippen LogP contribution in [0.2, 0.25) is 0 Å². The Bertz CT molecular complexity index is 226. The van der Waals surface area contributed by atoms with Crippen molar-refractivity contribution in [2.75, 3.05) is 0 Å². The standard InChI is InChI=1S/C11H16/c1-9(2)10-7-5-6-8-11(10,3)4/h5-7H,1,8H2,2-4H3. The lowest BCUT2D eigenvalue weighted by Crippen LogP contribution is -2.16. The third-order valence-electron chi connectivity index (χ3n) is 2.22. The molecule has 0 N–H and O–H groups in total. The second kappa shape index (κ2) is 2.69. The summed E-state index contributed by atoms with van der Waals surface area (Å²) in [6.07, 6.45) is 7.64. The molecule has 0 aromatic carbocycles. The van der Waals surface area contributed by atoms with E-state index in [-0.39, 0.29) is 0 Å². The SMILES string of the molecule is C=C(C)C1=CC=CCC1(C)C. The first-order chi connectivity index (χ1) is 5.04. The highest BCUT2D eigenvalue weighted by Crippen LogP contribution is 2.36. The van der Waals surface area contributed by atoms with E-state index in [1.165, 1.54) is 11.1 Å². The first kappa shape index (κ1) is 8.32. The van der Waals surface area contributed by atoms with Crippen molar-refractivity contribution >= 4 is 0 Å². The number of hydrogen-bond donors (Lipinski definition) is 0. The summed E-state index contributed by atoms with van der Waals surface area (Å²) in [6.45, 7) is 10.6. The average molecular weight is 148 g/mol. The van der Waals surface area contributed by atoms with Crippen LogP contribution in [0.5, 0.6) is 0 Å². The topological polar surface area (TPSA) is 0 Å². The maximum atomic E-state index is 3.97. The molecule has 60 valence electrons. The predicted molar refractivity (Wildman–Crippen MR) is 50.4 cm³/mol. The van der Waals surface area contributed by atoms with Crippen LogP contribution in [0, 0.1) is 5.41 Å². The van der Waals surface area contributed by atoms with Gasteiger partial charge in [-0.3, -0.25) is 0 Å². The summed E-state index contributed by atoms with van der Waals surface area (Å²) in [4.78, 5) is 0. The molecule has 1 rings (SSSR count). The van der Waals surface area contributed by atoms with Crippen LogP contribution in [0.3, 0.4) is 0 Å². The molecule has 0 saturated heterocycles. The second-order valence-corrected chi connectivity index (χ2v) is 3.88. The molecule has 0 atom stereocenters. The van der Waals surface area contributed by atoms with E-state index in [4.69, 9.17) is 0 Å². The number of allylic oxidation sites excluding steroid dienone is 5. The van der Waals surface area contributed by atoms with Gasteiger partial charge in [0.1, 0.15) is 0 Å². The number of rotatable bonds is 1. The van der Waals surface area contributed by atoms with Crippen molar-refractivity contribution < 1.29 is 0 Å². The molecular weight excluding hydrogens is 132 g/mol. The van der Waals surface area contributed by atoms with E-state index in [0.717, 1.165) is 6.42 Å². The highest BCUT2D eigenvalue weighted by Gasteiger charge is 2.23. The van der Waals surface area contributed by atoms with Gasteiger partial charge >= 0.3 is 0 Å². The lowest BCUT2D eigenvalue weighted by atomic mass is 9.76. The zero-order valence-electron chi connectivity index (χ0n) is 7.65. The fourth-order valence-electron chi connectivity index (χ4n) is 1.58. The van der Waals surface area contributed by atoms with Gasteiger partial charge in [0.25, 0.3) is 0 Å². The number of hydrogen-bond acceptors (Lipinski definition) is 0. The summed E-state index contributed by atoms with van der Waals surface area (Å²) >= 11 is 0. The van der Waals surface area contributed by atoms with Crippen LogP contribution in [0.4, 0.5) is 0 Å². The van der Waals surface area contributed by atoms with Crippen LogP contribution in [0.1, 0.15) is 27.2 Å². The second-order valence-electron chi connectivity index (χ2n) is 3.88. The Labute approximate surface area is 69.3 Å². The van der Waals surface area contributed by atoms with Crippen LogP contribution in [0.15, 0.2) is 36.0 Å². The summed E-state index contributed by atoms with van der Waals surface area (Å²) in [6, 6.07) is 0. The van der Waals surface area contributed by atoms with Gasteiger partial charge in [-0.2, -0.15) is 0 Å². The molecule has 0 radical (unpaired) electrons. The third kappa shape index (κ3) is 1.62. The van der Waals surface area contributed by atoms with E-state index in [1.54, 1.807) is 0 Å². The molecule has 11 heavy (non-hydrogen) atoms. The fourth-order valence-corrected chi connectivity index (χ4v) is 1.58. The molecule has 0 heteroatoms. The first-order valence-electron chi connectivity index (χ1n) is 4.07. The quantitative estimate of drug-likeness (QED) is 0.534. The minimum atomic E-state index is 0.292. The van der Waals surface area contributed by atoms with E-state index >= 15 is 0 Å². The maximum absolute atomic E-state index is 3.97. The molecule has 0 bridgehead atoms. The van der Waals surface area contributed by atoms with Gasteiger partial charge < -0.3 is 0 Å². The molecule has 0 unspecified atom stereocenters. The van der Waals surface area contributed by atoms with Crippen molar-refractivity contribution in [1.29, 1.82) is 0 Å². The Morgan fingerprint density at radius 1 is 1.55 bits per heavy atom. The molecule has 0 aliphatic heterocycles. The normalized spacial score (nSPS) is 21.2. The molecule has 0 heterocycles. The zero-order valence-corrected chi connectivity index (χ0v) is 7.65. The van der Waals surface area contributed by atoms with Gasteiger partial charge in [-0.1, -0.05) is 44.2 Å². The Morgan fingerprint density at radius 2 is 2.18 bits per heavy atom. The van der Waals surface area contributed by atoms with Crippen LogP contribution in [-0.2, 0) is 0 Å². The largest absolute Gasteiger partial charge is 0.0958 e. The molecule has 0 spiro atoms. The molecule has 0 amide bonds. The van der Waals surface area contributed by atoms with Crippen molar-refractivity contribution in [2.45, 2.75) is 27.2 Å². The van der Waals surface area contributed by atoms with E-state index in [1.807, 2.05) is 0 Å². The minimum absolute atomic E-state index is 0.292. The predicted octanol–water partition coefficient (Wildman–Crippen LogP) is 3.48. The van der Waals surface area contributed by atoms with Gasteiger partial charge in [0.15, 0.2) is 0 Å².